The zero-order valence-electron chi connectivity index (χ0n) is 24.4. The van der Waals surface area contributed by atoms with Gasteiger partial charge in [0.1, 0.15) is 12.2 Å². The van der Waals surface area contributed by atoms with Crippen LogP contribution in [0.1, 0.15) is 48.0 Å². The molecule has 0 saturated heterocycles. The summed E-state index contributed by atoms with van der Waals surface area (Å²) in [7, 11) is 3.09. The first-order valence-electron chi connectivity index (χ1n) is 13.5. The Morgan fingerprint density at radius 3 is 2.26 bits per heavy atom. The highest BCUT2D eigenvalue weighted by atomic mass is 16.6. The third-order valence-electron chi connectivity index (χ3n) is 7.94. The molecule has 5 N–H and O–H groups in total. The minimum absolute atomic E-state index is 0.00427. The second kappa shape index (κ2) is 14.6. The molecular formula is C30H46N2O7. The molecule has 2 aliphatic rings. The van der Waals surface area contributed by atoms with Gasteiger partial charge in [0.25, 0.3) is 5.91 Å². The van der Waals surface area contributed by atoms with E-state index in [4.69, 9.17) is 19.9 Å². The van der Waals surface area contributed by atoms with Gasteiger partial charge < -0.3 is 35.5 Å². The monoisotopic (exact) mass is 546 g/mol. The fourth-order valence-corrected chi connectivity index (χ4v) is 5.41. The average molecular weight is 547 g/mol. The molecule has 0 radical (unpaired) electrons. The van der Waals surface area contributed by atoms with Crippen LogP contribution in [0.25, 0.3) is 0 Å². The Morgan fingerprint density at radius 1 is 1.00 bits per heavy atom. The lowest BCUT2D eigenvalue weighted by Crippen LogP contribution is -2.40. The molecule has 0 aromatic rings. The summed E-state index contributed by atoms with van der Waals surface area (Å²) in [6.45, 7) is 12.0. The Hall–Kier alpha value is -2.72. The highest BCUT2D eigenvalue weighted by Crippen LogP contribution is 2.34. The highest BCUT2D eigenvalue weighted by Gasteiger charge is 2.34. The Balaban J connectivity index is 2.57. The maximum atomic E-state index is 12.9. The molecule has 0 spiro atoms. The number of primary amides is 1. The van der Waals surface area contributed by atoms with Crippen LogP contribution in [-0.2, 0) is 19.0 Å². The first-order chi connectivity index (χ1) is 18.3. The van der Waals surface area contributed by atoms with Gasteiger partial charge in [0.05, 0.1) is 12.2 Å². The number of fused-ring (bicyclic) bond motifs is 2. The normalized spacial score (nSPS) is 38.7. The molecule has 0 saturated carbocycles. The summed E-state index contributed by atoms with van der Waals surface area (Å²) < 4.78 is 16.9. The summed E-state index contributed by atoms with van der Waals surface area (Å²) in [6.07, 6.45) is 5.93. The number of carbonyl (C=O) groups is 2. The van der Waals surface area contributed by atoms with Crippen LogP contribution in [0.4, 0.5) is 4.79 Å². The Labute approximate surface area is 232 Å². The topological polar surface area (TPSA) is 140 Å². The summed E-state index contributed by atoms with van der Waals surface area (Å²) >= 11 is 0. The van der Waals surface area contributed by atoms with E-state index >= 15 is 0 Å². The lowest BCUT2D eigenvalue weighted by atomic mass is 9.76. The number of amides is 2. The van der Waals surface area contributed by atoms with Crippen LogP contribution >= 0.6 is 0 Å². The Bertz CT molecular complexity index is 1030. The van der Waals surface area contributed by atoms with E-state index in [-0.39, 0.29) is 29.4 Å². The molecule has 9 unspecified atom stereocenters. The molecule has 39 heavy (non-hydrogen) atoms. The van der Waals surface area contributed by atoms with Crippen LogP contribution in [0.5, 0.6) is 0 Å². The minimum atomic E-state index is -1.13. The lowest BCUT2D eigenvalue weighted by molar-refractivity contribution is -0.117. The zero-order valence-corrected chi connectivity index (χ0v) is 24.4. The van der Waals surface area contributed by atoms with E-state index in [1.54, 1.807) is 38.3 Å². The molecule has 1 heterocycles. The number of hydrogen-bond donors (Lipinski definition) is 4. The molecule has 1 aliphatic carbocycles. The van der Waals surface area contributed by atoms with Crippen LogP contribution in [0.15, 0.2) is 58.9 Å². The van der Waals surface area contributed by atoms with Gasteiger partial charge in [-0.2, -0.15) is 0 Å². The third kappa shape index (κ3) is 8.63. The lowest BCUT2D eigenvalue weighted by Gasteiger charge is -2.35. The van der Waals surface area contributed by atoms with Gasteiger partial charge in [-0.05, 0) is 67.2 Å². The van der Waals surface area contributed by atoms with Crippen molar-refractivity contribution in [2.45, 2.75) is 78.5 Å². The van der Waals surface area contributed by atoms with Crippen LogP contribution in [0.3, 0.4) is 0 Å². The number of allylic oxidation sites excluding steroid dienone is 3. The van der Waals surface area contributed by atoms with Crippen LogP contribution in [-0.4, -0.2) is 67.0 Å². The summed E-state index contributed by atoms with van der Waals surface area (Å²) in [6, 6.07) is 0. The largest absolute Gasteiger partial charge is 0.439 e. The molecule has 9 atom stereocenters. The van der Waals surface area contributed by atoms with Gasteiger partial charge in [0, 0.05) is 25.5 Å². The van der Waals surface area contributed by atoms with E-state index in [0.717, 1.165) is 12.0 Å². The van der Waals surface area contributed by atoms with Gasteiger partial charge in [-0.25, -0.2) is 4.79 Å². The van der Waals surface area contributed by atoms with E-state index in [0.29, 0.717) is 11.1 Å². The predicted molar refractivity (Wildman–Crippen MR) is 150 cm³/mol. The van der Waals surface area contributed by atoms with Gasteiger partial charge >= 0.3 is 6.09 Å². The fraction of sp³-hybridized carbons (Fsp3) is 0.600. The standard InChI is InChI=1S/C30H46N2O7/c1-16-10-9-11-25(37-7)28(39-30(31)36)20(5)13-18(3)21(6)17(2)12-19(4)27(38-8)23-14-22(33)15-24(26(23)34)32-29(16)35/h9-11,13-15,17-19,21-22,25-28,33-34H,12H2,1-8H3,(H2,31,36)(H,32,35)/b11-9-,16-10-,20-13-. The molecule has 1 aliphatic heterocycles. The third-order valence-corrected chi connectivity index (χ3v) is 7.94. The van der Waals surface area contributed by atoms with E-state index in [1.807, 2.05) is 6.92 Å². The molecule has 0 aromatic heterocycles. The molecule has 0 aromatic carbocycles. The highest BCUT2D eigenvalue weighted by molar-refractivity contribution is 5.94. The van der Waals surface area contributed by atoms with Gasteiger partial charge in [-0.3, -0.25) is 4.79 Å². The predicted octanol–water partition coefficient (Wildman–Crippen LogP) is 3.54. The number of carbonyl (C=O) groups excluding carboxylic acids is 2. The number of methoxy groups -OCH3 is 2. The van der Waals surface area contributed by atoms with Gasteiger partial charge in [0.15, 0.2) is 6.10 Å². The number of rotatable bonds is 3. The van der Waals surface area contributed by atoms with E-state index in [2.05, 4.69) is 39.1 Å². The SMILES string of the molecule is COC1/C=C\C=C(\C)C(=O)NC2=CC(O)C=C(C2O)C(OC)C(C)CC(C)C(C)C(C)/C=C(/C)C1OC(N)=O. The van der Waals surface area contributed by atoms with Crippen molar-refractivity contribution in [1.29, 1.82) is 0 Å². The smallest absolute Gasteiger partial charge is 0.405 e. The van der Waals surface area contributed by atoms with Crippen molar-refractivity contribution < 1.29 is 34.0 Å². The number of hydrogen-bond acceptors (Lipinski definition) is 7. The summed E-state index contributed by atoms with van der Waals surface area (Å²) in [5, 5.41) is 24.4. The van der Waals surface area contributed by atoms with Crippen molar-refractivity contribution in [1.82, 2.24) is 5.32 Å². The summed E-state index contributed by atoms with van der Waals surface area (Å²) in [5.74, 6) is 0.217. The summed E-state index contributed by atoms with van der Waals surface area (Å²) in [4.78, 5) is 24.7. The number of aliphatic hydroxyl groups excluding tert-OH is 2. The van der Waals surface area contributed by atoms with Crippen LogP contribution in [0, 0.1) is 23.7 Å². The second-order valence-electron chi connectivity index (χ2n) is 10.9. The zero-order chi connectivity index (χ0) is 29.4. The quantitative estimate of drug-likeness (QED) is 0.397. The van der Waals surface area contributed by atoms with Gasteiger partial charge in [0.2, 0.25) is 0 Å². The summed E-state index contributed by atoms with van der Waals surface area (Å²) in [5.41, 5.74) is 7.27. The maximum Gasteiger partial charge on any atom is 0.405 e. The molecule has 2 amide bonds. The van der Waals surface area contributed by atoms with E-state index in [1.165, 1.54) is 13.2 Å². The van der Waals surface area contributed by atoms with Crippen molar-refractivity contribution in [2.24, 2.45) is 29.4 Å². The molecule has 2 rings (SSSR count). The first kappa shape index (κ1) is 32.5. The van der Waals surface area contributed by atoms with Gasteiger partial charge in [-0.15, -0.1) is 0 Å². The van der Waals surface area contributed by atoms with Gasteiger partial charge in [-0.1, -0.05) is 52.0 Å². The van der Waals surface area contributed by atoms with Crippen LogP contribution in [0.2, 0.25) is 0 Å². The molecule has 9 nitrogen and oxygen atoms in total. The van der Waals surface area contributed by atoms with Crippen molar-refractivity contribution in [3.63, 3.8) is 0 Å². The second-order valence-corrected chi connectivity index (χ2v) is 10.9. The molecule has 0 fully saturated rings. The molecular weight excluding hydrogens is 500 g/mol. The number of ether oxygens (including phenoxy) is 3. The number of nitrogens with two attached hydrogens (primary N) is 1. The fourth-order valence-electron chi connectivity index (χ4n) is 5.41. The maximum absolute atomic E-state index is 12.9. The van der Waals surface area contributed by atoms with Crippen LogP contribution < -0.4 is 11.1 Å². The van der Waals surface area contributed by atoms with Crippen molar-refractivity contribution in [3.05, 3.63) is 58.9 Å². The Morgan fingerprint density at radius 2 is 1.67 bits per heavy atom. The Kier molecular flexibility index (Phi) is 12.2. The molecule has 218 valence electrons. The average Bonchev–Trinajstić information content (AvgIpc) is 2.86. The number of nitrogens with one attached hydrogen (secondary N) is 1. The number of aliphatic hydroxyl groups is 2. The first-order valence-corrected chi connectivity index (χ1v) is 13.5. The van der Waals surface area contributed by atoms with Crippen molar-refractivity contribution in [2.75, 3.05) is 14.2 Å². The van der Waals surface area contributed by atoms with Crippen molar-refractivity contribution in [3.8, 4) is 0 Å². The van der Waals surface area contributed by atoms with E-state index in [9.17, 15) is 19.8 Å². The minimum Gasteiger partial charge on any atom is -0.439 e. The molecule has 2 bridgehead atoms. The van der Waals surface area contributed by atoms with Crippen molar-refractivity contribution >= 4 is 12.0 Å². The molecule has 9 heteroatoms. The van der Waals surface area contributed by atoms with E-state index < -0.39 is 42.5 Å².